The standard InChI is InChI=1S/C28H25N5OS/c1-2-20-12-13-22(16-29)25(30)26(20)31-28-33(17-19-8-4-3-5-9-19)27(34)24(35-28)18-32-15-14-21-10-6-7-11-23(21)32/h3-13,18H,2,14-15,17,30H2,1H3. The Labute approximate surface area is 209 Å². The Kier molecular flexibility index (Phi) is 6.30. The maximum absolute atomic E-state index is 13.6. The maximum atomic E-state index is 13.6. The van der Waals surface area contributed by atoms with Gasteiger partial charge in [-0.25, -0.2) is 4.99 Å². The molecule has 1 saturated heterocycles. The van der Waals surface area contributed by atoms with Gasteiger partial charge in [0.15, 0.2) is 5.17 Å². The largest absolute Gasteiger partial charge is 0.396 e. The topological polar surface area (TPSA) is 85.7 Å². The van der Waals surface area contributed by atoms with Crippen molar-refractivity contribution in [2.45, 2.75) is 26.3 Å². The fourth-order valence-electron chi connectivity index (χ4n) is 4.39. The molecule has 0 aliphatic carbocycles. The summed E-state index contributed by atoms with van der Waals surface area (Å²) in [5, 5.41) is 10.0. The van der Waals surface area contributed by atoms with Crippen molar-refractivity contribution >= 4 is 39.9 Å². The average Bonchev–Trinajstić information content (AvgIpc) is 3.42. The molecule has 2 aliphatic heterocycles. The van der Waals surface area contributed by atoms with Crippen LogP contribution in [0.4, 0.5) is 17.1 Å². The Balaban J connectivity index is 1.57. The van der Waals surface area contributed by atoms with Crippen LogP contribution in [0.15, 0.2) is 82.8 Å². The molecule has 0 radical (unpaired) electrons. The van der Waals surface area contributed by atoms with Crippen molar-refractivity contribution in [1.29, 1.82) is 5.26 Å². The lowest BCUT2D eigenvalue weighted by Gasteiger charge is -2.17. The highest BCUT2D eigenvalue weighted by molar-refractivity contribution is 8.18. The Bertz CT molecular complexity index is 1390. The quantitative estimate of drug-likeness (QED) is 0.393. The minimum absolute atomic E-state index is 0.0879. The number of para-hydroxylation sites is 1. The molecule has 0 unspecified atom stereocenters. The summed E-state index contributed by atoms with van der Waals surface area (Å²) in [6, 6.07) is 23.9. The highest BCUT2D eigenvalue weighted by Crippen LogP contribution is 2.39. The molecule has 35 heavy (non-hydrogen) atoms. The molecule has 0 atom stereocenters. The van der Waals surface area contributed by atoms with E-state index in [4.69, 9.17) is 10.7 Å². The highest BCUT2D eigenvalue weighted by Gasteiger charge is 2.35. The number of fused-ring (bicyclic) bond motifs is 1. The number of benzene rings is 3. The van der Waals surface area contributed by atoms with E-state index in [2.05, 4.69) is 23.1 Å². The third kappa shape index (κ3) is 4.41. The summed E-state index contributed by atoms with van der Waals surface area (Å²) in [4.78, 5) is 23.0. The molecule has 1 fully saturated rings. The molecule has 2 aliphatic rings. The average molecular weight is 480 g/mol. The number of hydrogen-bond acceptors (Lipinski definition) is 6. The highest BCUT2D eigenvalue weighted by atomic mass is 32.2. The first-order valence-corrected chi connectivity index (χ1v) is 12.4. The van der Waals surface area contributed by atoms with Crippen LogP contribution in [0.1, 0.15) is 29.2 Å². The second kappa shape index (κ2) is 9.69. The molecule has 174 valence electrons. The summed E-state index contributed by atoms with van der Waals surface area (Å²) in [5.41, 5.74) is 12.0. The Morgan fingerprint density at radius 1 is 1.11 bits per heavy atom. The van der Waals surface area contributed by atoms with Gasteiger partial charge in [-0.15, -0.1) is 0 Å². The van der Waals surface area contributed by atoms with E-state index in [-0.39, 0.29) is 5.91 Å². The van der Waals surface area contributed by atoms with Gasteiger partial charge in [0.25, 0.3) is 5.91 Å². The minimum Gasteiger partial charge on any atom is -0.396 e. The summed E-state index contributed by atoms with van der Waals surface area (Å²) < 4.78 is 0. The van der Waals surface area contributed by atoms with E-state index in [1.54, 1.807) is 11.0 Å². The number of aryl methyl sites for hydroxylation is 1. The predicted molar refractivity (Wildman–Crippen MR) is 142 cm³/mol. The van der Waals surface area contributed by atoms with Gasteiger partial charge in [0.1, 0.15) is 6.07 Å². The van der Waals surface area contributed by atoms with Crippen molar-refractivity contribution in [3.63, 3.8) is 0 Å². The van der Waals surface area contributed by atoms with Gasteiger partial charge >= 0.3 is 0 Å². The van der Waals surface area contributed by atoms with E-state index in [0.29, 0.717) is 40.0 Å². The molecule has 0 spiro atoms. The number of nitrogens with zero attached hydrogens (tertiary/aromatic N) is 4. The SMILES string of the molecule is CCc1ccc(C#N)c(N)c1N=C1SC(=CN2CCc3ccccc32)C(=O)N1Cc1ccccc1. The number of amides is 1. The van der Waals surface area contributed by atoms with Crippen molar-refractivity contribution in [3.05, 3.63) is 100 Å². The number of carbonyl (C=O) groups excluding carboxylic acids is 1. The van der Waals surface area contributed by atoms with Crippen LogP contribution in [-0.2, 0) is 24.2 Å². The van der Waals surface area contributed by atoms with Gasteiger partial charge in [-0.1, -0.05) is 61.5 Å². The fourth-order valence-corrected chi connectivity index (χ4v) is 5.36. The van der Waals surface area contributed by atoms with Gasteiger partial charge < -0.3 is 10.6 Å². The Hall–Kier alpha value is -4.02. The van der Waals surface area contributed by atoms with Gasteiger partial charge in [0, 0.05) is 18.4 Å². The van der Waals surface area contributed by atoms with Crippen LogP contribution < -0.4 is 10.6 Å². The molecule has 0 saturated carbocycles. The second-order valence-corrected chi connectivity index (χ2v) is 9.45. The first-order chi connectivity index (χ1) is 17.1. The lowest BCUT2D eigenvalue weighted by Crippen LogP contribution is -2.29. The molecule has 3 aromatic carbocycles. The molecule has 3 aromatic rings. The molecule has 7 heteroatoms. The second-order valence-electron chi connectivity index (χ2n) is 8.44. The number of carbonyl (C=O) groups is 1. The first kappa shape index (κ1) is 22.8. The van der Waals surface area contributed by atoms with E-state index in [1.165, 1.54) is 17.3 Å². The van der Waals surface area contributed by atoms with E-state index < -0.39 is 0 Å². The fraction of sp³-hybridized carbons (Fsp3) is 0.179. The number of nitrogen functional groups attached to an aromatic ring is 1. The minimum atomic E-state index is -0.0879. The summed E-state index contributed by atoms with van der Waals surface area (Å²) in [5.74, 6) is -0.0879. The number of aliphatic imine (C=N–C) groups is 1. The number of amidine groups is 1. The third-order valence-corrected chi connectivity index (χ3v) is 7.27. The number of hydrogen-bond donors (Lipinski definition) is 1. The van der Waals surface area contributed by atoms with Crippen LogP contribution in [0, 0.1) is 11.3 Å². The van der Waals surface area contributed by atoms with Crippen molar-refractivity contribution < 1.29 is 4.79 Å². The van der Waals surface area contributed by atoms with Gasteiger partial charge in [-0.3, -0.25) is 9.69 Å². The van der Waals surface area contributed by atoms with Crippen LogP contribution in [-0.4, -0.2) is 22.5 Å². The smallest absolute Gasteiger partial charge is 0.268 e. The first-order valence-electron chi connectivity index (χ1n) is 11.6. The Morgan fingerprint density at radius 2 is 1.89 bits per heavy atom. The van der Waals surface area contributed by atoms with Gasteiger partial charge in [-0.05, 0) is 53.4 Å². The molecule has 6 nitrogen and oxygen atoms in total. The third-order valence-electron chi connectivity index (χ3n) is 6.28. The monoisotopic (exact) mass is 479 g/mol. The summed E-state index contributed by atoms with van der Waals surface area (Å²) >= 11 is 1.35. The summed E-state index contributed by atoms with van der Waals surface area (Å²) in [6.07, 6.45) is 3.60. The summed E-state index contributed by atoms with van der Waals surface area (Å²) in [7, 11) is 0. The lowest BCUT2D eigenvalue weighted by atomic mass is 10.1. The summed E-state index contributed by atoms with van der Waals surface area (Å²) in [6.45, 7) is 3.26. The zero-order chi connectivity index (χ0) is 24.4. The normalized spacial score (nSPS) is 17.3. The molecule has 2 heterocycles. The number of rotatable bonds is 5. The van der Waals surface area contributed by atoms with E-state index in [1.807, 2.05) is 61.7 Å². The van der Waals surface area contributed by atoms with Crippen LogP contribution in [0.5, 0.6) is 0 Å². The van der Waals surface area contributed by atoms with Crippen molar-refractivity contribution in [3.8, 4) is 6.07 Å². The zero-order valence-corrected chi connectivity index (χ0v) is 20.3. The molecule has 0 aromatic heterocycles. The van der Waals surface area contributed by atoms with Crippen molar-refractivity contribution in [2.24, 2.45) is 4.99 Å². The van der Waals surface area contributed by atoms with E-state index in [0.717, 1.165) is 29.8 Å². The number of nitriles is 1. The van der Waals surface area contributed by atoms with Gasteiger partial charge in [-0.2, -0.15) is 5.26 Å². The van der Waals surface area contributed by atoms with Crippen LogP contribution in [0.25, 0.3) is 0 Å². The van der Waals surface area contributed by atoms with Crippen molar-refractivity contribution in [2.75, 3.05) is 17.2 Å². The van der Waals surface area contributed by atoms with E-state index >= 15 is 0 Å². The number of nitrogens with two attached hydrogens (primary N) is 1. The molecule has 1 amide bonds. The van der Waals surface area contributed by atoms with Crippen LogP contribution in [0.2, 0.25) is 0 Å². The number of thioether (sulfide) groups is 1. The Morgan fingerprint density at radius 3 is 2.66 bits per heavy atom. The molecule has 5 rings (SSSR count). The van der Waals surface area contributed by atoms with Crippen LogP contribution in [0.3, 0.4) is 0 Å². The molecular formula is C28H25N5OS. The predicted octanol–water partition coefficient (Wildman–Crippen LogP) is 5.37. The number of anilines is 2. The maximum Gasteiger partial charge on any atom is 0.268 e. The molecule has 2 N–H and O–H groups in total. The van der Waals surface area contributed by atoms with Crippen LogP contribution >= 0.6 is 11.8 Å². The van der Waals surface area contributed by atoms with Gasteiger partial charge in [0.2, 0.25) is 0 Å². The van der Waals surface area contributed by atoms with Crippen molar-refractivity contribution in [1.82, 2.24) is 4.90 Å². The molecule has 0 bridgehead atoms. The van der Waals surface area contributed by atoms with E-state index in [9.17, 15) is 10.1 Å². The van der Waals surface area contributed by atoms with Gasteiger partial charge in [0.05, 0.1) is 28.4 Å². The lowest BCUT2D eigenvalue weighted by molar-refractivity contribution is -0.122. The zero-order valence-electron chi connectivity index (χ0n) is 19.4. The molecular weight excluding hydrogens is 454 g/mol.